The molecule has 0 atom stereocenters. The van der Waals surface area contributed by atoms with Gasteiger partial charge in [0.25, 0.3) is 0 Å². The van der Waals surface area contributed by atoms with Crippen LogP contribution in [0.2, 0.25) is 0 Å². The molecule has 0 spiro atoms. The van der Waals surface area contributed by atoms with Crippen molar-refractivity contribution in [2.24, 2.45) is 0 Å². The van der Waals surface area contributed by atoms with Gasteiger partial charge in [0.05, 0.1) is 17.2 Å². The van der Waals surface area contributed by atoms with Crippen LogP contribution in [0.1, 0.15) is 21.5 Å². The van der Waals surface area contributed by atoms with E-state index >= 15 is 0 Å². The number of thioether (sulfide) groups is 1. The van der Waals surface area contributed by atoms with Gasteiger partial charge in [-0.2, -0.15) is 0 Å². The number of rotatable bonds is 6. The summed E-state index contributed by atoms with van der Waals surface area (Å²) in [5, 5.41) is 2.65. The third-order valence-electron chi connectivity index (χ3n) is 2.70. The molecule has 0 fully saturated rings. The third kappa shape index (κ3) is 4.64. The van der Waals surface area contributed by atoms with Crippen molar-refractivity contribution in [3.05, 3.63) is 51.7 Å². The Labute approximate surface area is 134 Å². The van der Waals surface area contributed by atoms with Crippen molar-refractivity contribution in [1.29, 1.82) is 0 Å². The van der Waals surface area contributed by atoms with Crippen LogP contribution >= 0.6 is 23.1 Å². The molecule has 0 aliphatic rings. The lowest BCUT2D eigenvalue weighted by Crippen LogP contribution is -2.18. The van der Waals surface area contributed by atoms with Crippen molar-refractivity contribution in [2.45, 2.75) is 18.4 Å². The second kappa shape index (κ2) is 7.51. The van der Waals surface area contributed by atoms with Crippen LogP contribution in [0, 0.1) is 11.6 Å². The topological polar surface area (TPSA) is 46.2 Å². The van der Waals surface area contributed by atoms with Gasteiger partial charge in [0.15, 0.2) is 5.78 Å². The number of amides is 1. The van der Waals surface area contributed by atoms with Gasteiger partial charge in [-0.3, -0.25) is 9.59 Å². The number of nitrogens with one attached hydrogen (secondary N) is 1. The predicted molar refractivity (Wildman–Crippen MR) is 83.3 cm³/mol. The van der Waals surface area contributed by atoms with Crippen molar-refractivity contribution in [2.75, 3.05) is 5.75 Å². The van der Waals surface area contributed by atoms with Gasteiger partial charge in [0.2, 0.25) is 5.91 Å². The van der Waals surface area contributed by atoms with E-state index in [0.717, 1.165) is 34.8 Å². The van der Waals surface area contributed by atoms with Gasteiger partial charge < -0.3 is 5.32 Å². The molecule has 116 valence electrons. The minimum Gasteiger partial charge on any atom is -0.351 e. The minimum atomic E-state index is -0.545. The zero-order valence-corrected chi connectivity index (χ0v) is 13.3. The van der Waals surface area contributed by atoms with Gasteiger partial charge >= 0.3 is 0 Å². The van der Waals surface area contributed by atoms with Crippen molar-refractivity contribution in [3.8, 4) is 0 Å². The number of carbonyl (C=O) groups excluding carboxylic acids is 2. The second-order valence-electron chi connectivity index (χ2n) is 4.46. The first-order valence-electron chi connectivity index (χ1n) is 6.40. The standard InChI is InChI=1S/C15H13F2NO2S2/c1-9(19)18-7-11-3-5-14(22-11)13(20)8-21-15-6-10(16)2-4-12(15)17/h2-6H,7-8H2,1H3,(H,18,19). The number of Topliss-reactive ketones (excluding diaryl/α,β-unsaturated/α-hetero) is 1. The maximum Gasteiger partial charge on any atom is 0.217 e. The van der Waals surface area contributed by atoms with E-state index in [-0.39, 0.29) is 22.3 Å². The second-order valence-corrected chi connectivity index (χ2v) is 6.65. The zero-order chi connectivity index (χ0) is 16.1. The lowest BCUT2D eigenvalue weighted by molar-refractivity contribution is -0.119. The van der Waals surface area contributed by atoms with E-state index in [2.05, 4.69) is 5.32 Å². The number of halogens is 2. The summed E-state index contributed by atoms with van der Waals surface area (Å²) < 4.78 is 26.5. The van der Waals surface area contributed by atoms with Crippen molar-refractivity contribution < 1.29 is 18.4 Å². The van der Waals surface area contributed by atoms with Gasteiger partial charge in [0, 0.05) is 16.7 Å². The maximum absolute atomic E-state index is 13.5. The largest absolute Gasteiger partial charge is 0.351 e. The van der Waals surface area contributed by atoms with E-state index in [1.807, 2.05) is 0 Å². The molecule has 0 unspecified atom stereocenters. The van der Waals surface area contributed by atoms with Gasteiger partial charge in [0.1, 0.15) is 11.6 Å². The smallest absolute Gasteiger partial charge is 0.217 e. The minimum absolute atomic E-state index is 0.0282. The molecule has 1 heterocycles. The molecular formula is C15H13F2NO2S2. The van der Waals surface area contributed by atoms with Crippen LogP contribution in [0.25, 0.3) is 0 Å². The van der Waals surface area contributed by atoms with Gasteiger partial charge in [-0.05, 0) is 30.3 Å². The van der Waals surface area contributed by atoms with E-state index in [1.165, 1.54) is 18.3 Å². The van der Waals surface area contributed by atoms with Crippen LogP contribution in [0.4, 0.5) is 8.78 Å². The number of ketones is 1. The Morgan fingerprint density at radius 3 is 2.73 bits per heavy atom. The van der Waals surface area contributed by atoms with Crippen LogP contribution in [0.3, 0.4) is 0 Å². The molecule has 7 heteroatoms. The van der Waals surface area contributed by atoms with Crippen LogP contribution in [0.15, 0.2) is 35.2 Å². The fourth-order valence-electron chi connectivity index (χ4n) is 1.64. The monoisotopic (exact) mass is 341 g/mol. The van der Waals surface area contributed by atoms with E-state index in [9.17, 15) is 18.4 Å². The lowest BCUT2D eigenvalue weighted by Gasteiger charge is -2.02. The highest BCUT2D eigenvalue weighted by Crippen LogP contribution is 2.25. The summed E-state index contributed by atoms with van der Waals surface area (Å²) in [4.78, 5) is 24.4. The Morgan fingerprint density at radius 1 is 1.23 bits per heavy atom. The lowest BCUT2D eigenvalue weighted by atomic mass is 10.3. The summed E-state index contributed by atoms with van der Waals surface area (Å²) in [6.07, 6.45) is 0. The molecular weight excluding hydrogens is 328 g/mol. The average Bonchev–Trinajstić information content (AvgIpc) is 2.94. The molecule has 0 aliphatic heterocycles. The number of carbonyl (C=O) groups is 2. The Kier molecular flexibility index (Phi) is 5.68. The quantitative estimate of drug-likeness (QED) is 0.644. The average molecular weight is 341 g/mol. The van der Waals surface area contributed by atoms with Gasteiger partial charge in [-0.25, -0.2) is 8.78 Å². The van der Waals surface area contributed by atoms with Crippen LogP contribution < -0.4 is 5.32 Å². The van der Waals surface area contributed by atoms with Gasteiger partial charge in [-0.15, -0.1) is 23.1 Å². The first kappa shape index (κ1) is 16.6. The van der Waals surface area contributed by atoms with Crippen molar-refractivity contribution in [3.63, 3.8) is 0 Å². The summed E-state index contributed by atoms with van der Waals surface area (Å²) in [6.45, 7) is 1.79. The number of hydrogen-bond donors (Lipinski definition) is 1. The molecule has 3 nitrogen and oxygen atoms in total. The Hall–Kier alpha value is -1.73. The Morgan fingerprint density at radius 2 is 2.00 bits per heavy atom. The fourth-order valence-corrected chi connectivity index (χ4v) is 3.46. The summed E-state index contributed by atoms with van der Waals surface area (Å²) in [5.41, 5.74) is 0. The third-order valence-corrected chi connectivity index (χ3v) is 4.86. The highest BCUT2D eigenvalue weighted by atomic mass is 32.2. The summed E-state index contributed by atoms with van der Waals surface area (Å²) in [7, 11) is 0. The molecule has 0 saturated carbocycles. The highest BCUT2D eigenvalue weighted by molar-refractivity contribution is 8.00. The van der Waals surface area contributed by atoms with Crippen LogP contribution in [-0.2, 0) is 11.3 Å². The zero-order valence-electron chi connectivity index (χ0n) is 11.7. The molecule has 2 rings (SSSR count). The van der Waals surface area contributed by atoms with E-state index < -0.39 is 11.6 Å². The maximum atomic E-state index is 13.5. The molecule has 22 heavy (non-hydrogen) atoms. The molecule has 1 aromatic carbocycles. The molecule has 2 aromatic rings. The molecule has 0 aliphatic carbocycles. The first-order chi connectivity index (χ1) is 10.5. The van der Waals surface area contributed by atoms with E-state index in [4.69, 9.17) is 0 Å². The SMILES string of the molecule is CC(=O)NCc1ccc(C(=O)CSc2cc(F)ccc2F)s1. The molecule has 0 bridgehead atoms. The normalized spacial score (nSPS) is 10.5. The van der Waals surface area contributed by atoms with Crippen molar-refractivity contribution >= 4 is 34.8 Å². The first-order valence-corrected chi connectivity index (χ1v) is 8.20. The van der Waals surface area contributed by atoms with E-state index in [1.54, 1.807) is 12.1 Å². The predicted octanol–water partition coefficient (Wildman–Crippen LogP) is 3.64. The molecule has 1 aromatic heterocycles. The number of hydrogen-bond acceptors (Lipinski definition) is 4. The summed E-state index contributed by atoms with van der Waals surface area (Å²) >= 11 is 2.24. The molecule has 1 N–H and O–H groups in total. The van der Waals surface area contributed by atoms with Gasteiger partial charge in [-0.1, -0.05) is 0 Å². The summed E-state index contributed by atoms with van der Waals surface area (Å²) in [6, 6.07) is 6.59. The van der Waals surface area contributed by atoms with Crippen molar-refractivity contribution in [1.82, 2.24) is 5.32 Å². The highest BCUT2D eigenvalue weighted by Gasteiger charge is 2.12. The number of thiophene rings is 1. The molecule has 0 saturated heterocycles. The number of benzene rings is 1. The molecule has 1 amide bonds. The molecule has 0 radical (unpaired) electrons. The Bertz CT molecular complexity index is 701. The van der Waals surface area contributed by atoms with Crippen LogP contribution in [0.5, 0.6) is 0 Å². The van der Waals surface area contributed by atoms with E-state index in [0.29, 0.717) is 11.4 Å². The fraction of sp³-hybridized carbons (Fsp3) is 0.200. The summed E-state index contributed by atoms with van der Waals surface area (Å²) in [5.74, 6) is -1.35. The Balaban J connectivity index is 1.95. The van der Waals surface area contributed by atoms with Crippen LogP contribution in [-0.4, -0.2) is 17.4 Å².